The van der Waals surface area contributed by atoms with Crippen LogP contribution in [0.15, 0.2) is 24.3 Å². The first-order valence-electron chi connectivity index (χ1n) is 8.40. The summed E-state index contributed by atoms with van der Waals surface area (Å²) in [5, 5.41) is 18.3. The number of aliphatic hydroxyl groups is 1. The van der Waals surface area contributed by atoms with Gasteiger partial charge in [0, 0.05) is 6.42 Å². The van der Waals surface area contributed by atoms with Gasteiger partial charge in [-0.25, -0.2) is 0 Å². The average Bonchev–Trinajstić information content (AvgIpc) is 2.45. The van der Waals surface area contributed by atoms with Crippen LogP contribution >= 0.6 is 0 Å². The Kier molecular flexibility index (Phi) is 14.5. The van der Waals surface area contributed by atoms with Crippen molar-refractivity contribution in [3.8, 4) is 0 Å². The van der Waals surface area contributed by atoms with Gasteiger partial charge in [-0.1, -0.05) is 69.8 Å². The van der Waals surface area contributed by atoms with E-state index in [2.05, 4.69) is 13.0 Å². The summed E-state index contributed by atoms with van der Waals surface area (Å²) in [5.74, 6) is -0.710. The number of aliphatic carboxylic acids is 1. The van der Waals surface area contributed by atoms with Crippen molar-refractivity contribution in [2.24, 2.45) is 0 Å². The second kappa shape index (κ2) is 15.3. The maximum atomic E-state index is 10.3. The van der Waals surface area contributed by atoms with Crippen molar-refractivity contribution in [1.82, 2.24) is 0 Å². The van der Waals surface area contributed by atoms with E-state index in [1.54, 1.807) is 0 Å². The van der Waals surface area contributed by atoms with E-state index in [9.17, 15) is 9.90 Å². The maximum absolute atomic E-state index is 10.3. The highest BCUT2D eigenvalue weighted by Crippen LogP contribution is 2.09. The molecule has 0 bridgehead atoms. The van der Waals surface area contributed by atoms with E-state index in [1.165, 1.54) is 19.3 Å². The van der Waals surface area contributed by atoms with E-state index in [0.717, 1.165) is 44.9 Å². The number of aliphatic hydroxyl groups excluding tert-OH is 1. The number of carboxylic acids is 1. The predicted molar refractivity (Wildman–Crippen MR) is 88.4 cm³/mol. The molecular formula is C18H32O3. The minimum Gasteiger partial charge on any atom is -0.481 e. The van der Waals surface area contributed by atoms with E-state index >= 15 is 0 Å². The van der Waals surface area contributed by atoms with Gasteiger partial charge in [-0.15, -0.1) is 0 Å². The van der Waals surface area contributed by atoms with E-state index < -0.39 is 5.97 Å². The van der Waals surface area contributed by atoms with Gasteiger partial charge in [0.05, 0.1) is 6.10 Å². The normalized spacial score (nSPS) is 13.2. The third kappa shape index (κ3) is 16.9. The first-order chi connectivity index (χ1) is 10.2. The quantitative estimate of drug-likeness (QED) is 0.355. The topological polar surface area (TPSA) is 57.5 Å². The molecule has 1 atom stereocenters. The first-order valence-corrected chi connectivity index (χ1v) is 8.40. The first kappa shape index (κ1) is 19.9. The number of unbranched alkanes of at least 4 members (excludes halogenated alkanes) is 7. The SMILES string of the molecule is CCCCC/C=C\C=C/[C@H](O)CCCCCCCC(=O)O. The van der Waals surface area contributed by atoms with E-state index in [4.69, 9.17) is 5.11 Å². The number of hydrogen-bond acceptors (Lipinski definition) is 2. The van der Waals surface area contributed by atoms with Crippen molar-refractivity contribution in [2.45, 2.75) is 83.7 Å². The van der Waals surface area contributed by atoms with Crippen LogP contribution in [0.5, 0.6) is 0 Å². The van der Waals surface area contributed by atoms with Crippen LogP contribution < -0.4 is 0 Å². The zero-order chi connectivity index (χ0) is 15.8. The van der Waals surface area contributed by atoms with Crippen molar-refractivity contribution in [1.29, 1.82) is 0 Å². The molecule has 0 heterocycles. The number of hydrogen-bond donors (Lipinski definition) is 2. The lowest BCUT2D eigenvalue weighted by Crippen LogP contribution is -2.01. The molecule has 3 nitrogen and oxygen atoms in total. The lowest BCUT2D eigenvalue weighted by atomic mass is 10.1. The molecule has 0 radical (unpaired) electrons. The molecule has 0 aromatic heterocycles. The Hall–Kier alpha value is -1.09. The standard InChI is InChI=1S/C18H32O3/c1-2-3-4-5-6-8-11-14-17(19)15-12-9-7-10-13-16-18(20)21/h6,8,11,14,17,19H,2-5,7,9-10,12-13,15-16H2,1H3,(H,20,21)/b8-6-,14-11-/t17-/m0/s1. The molecule has 122 valence electrons. The molecule has 0 fully saturated rings. The fourth-order valence-electron chi connectivity index (χ4n) is 2.14. The minimum absolute atomic E-state index is 0.274. The predicted octanol–water partition coefficient (Wildman–Crippen LogP) is 4.86. The second-order valence-corrected chi connectivity index (χ2v) is 5.58. The summed E-state index contributed by atoms with van der Waals surface area (Å²) in [6, 6.07) is 0. The third-order valence-electron chi connectivity index (χ3n) is 3.45. The summed E-state index contributed by atoms with van der Waals surface area (Å²) in [5.41, 5.74) is 0. The Labute approximate surface area is 129 Å². The molecule has 0 rings (SSSR count). The fourth-order valence-corrected chi connectivity index (χ4v) is 2.14. The highest BCUT2D eigenvalue weighted by Gasteiger charge is 1.99. The lowest BCUT2D eigenvalue weighted by Gasteiger charge is -2.04. The van der Waals surface area contributed by atoms with Crippen LogP contribution in [0.4, 0.5) is 0 Å². The van der Waals surface area contributed by atoms with Crippen LogP contribution in [0.25, 0.3) is 0 Å². The minimum atomic E-state index is -0.710. The van der Waals surface area contributed by atoms with Crippen molar-refractivity contribution >= 4 is 5.97 Å². The molecule has 0 unspecified atom stereocenters. The van der Waals surface area contributed by atoms with E-state index in [1.807, 2.05) is 18.2 Å². The van der Waals surface area contributed by atoms with Gasteiger partial charge in [-0.2, -0.15) is 0 Å². The van der Waals surface area contributed by atoms with Gasteiger partial charge in [0.2, 0.25) is 0 Å². The van der Waals surface area contributed by atoms with Gasteiger partial charge in [-0.05, 0) is 25.7 Å². The molecule has 0 spiro atoms. The number of allylic oxidation sites excluding steroid dienone is 3. The highest BCUT2D eigenvalue weighted by atomic mass is 16.4. The van der Waals surface area contributed by atoms with Crippen LogP contribution in [0, 0.1) is 0 Å². The van der Waals surface area contributed by atoms with E-state index in [0.29, 0.717) is 0 Å². The maximum Gasteiger partial charge on any atom is 0.303 e. The number of carboxylic acid groups (broad SMARTS) is 1. The Morgan fingerprint density at radius 3 is 2.43 bits per heavy atom. The fraction of sp³-hybridized carbons (Fsp3) is 0.722. The van der Waals surface area contributed by atoms with Crippen LogP contribution in [0.1, 0.15) is 77.6 Å². The zero-order valence-electron chi connectivity index (χ0n) is 13.5. The summed E-state index contributed by atoms with van der Waals surface area (Å²) in [4.78, 5) is 10.3. The second-order valence-electron chi connectivity index (χ2n) is 5.58. The molecular weight excluding hydrogens is 264 g/mol. The molecule has 0 amide bonds. The van der Waals surface area contributed by atoms with Crippen molar-refractivity contribution in [3.63, 3.8) is 0 Å². The largest absolute Gasteiger partial charge is 0.481 e. The van der Waals surface area contributed by atoms with Crippen LogP contribution in [-0.2, 0) is 4.79 Å². The van der Waals surface area contributed by atoms with Crippen molar-refractivity contribution in [2.75, 3.05) is 0 Å². The summed E-state index contributed by atoms with van der Waals surface area (Å²) >= 11 is 0. The Bertz CT molecular complexity index is 295. The summed E-state index contributed by atoms with van der Waals surface area (Å²) in [6.45, 7) is 2.20. The summed E-state index contributed by atoms with van der Waals surface area (Å²) < 4.78 is 0. The lowest BCUT2D eigenvalue weighted by molar-refractivity contribution is -0.137. The molecule has 0 aliphatic carbocycles. The molecule has 0 saturated carbocycles. The molecule has 3 heteroatoms. The van der Waals surface area contributed by atoms with Gasteiger partial charge in [0.15, 0.2) is 0 Å². The Balaban J connectivity index is 3.40. The van der Waals surface area contributed by atoms with Crippen molar-refractivity contribution in [3.05, 3.63) is 24.3 Å². The Morgan fingerprint density at radius 2 is 1.71 bits per heavy atom. The molecule has 0 aromatic rings. The smallest absolute Gasteiger partial charge is 0.303 e. The monoisotopic (exact) mass is 296 g/mol. The molecule has 0 aliphatic heterocycles. The Morgan fingerprint density at radius 1 is 1.00 bits per heavy atom. The number of carbonyl (C=O) groups is 1. The van der Waals surface area contributed by atoms with E-state index in [-0.39, 0.29) is 12.5 Å². The average molecular weight is 296 g/mol. The van der Waals surface area contributed by atoms with Gasteiger partial charge >= 0.3 is 5.97 Å². The molecule has 0 aromatic carbocycles. The van der Waals surface area contributed by atoms with Crippen molar-refractivity contribution < 1.29 is 15.0 Å². The third-order valence-corrected chi connectivity index (χ3v) is 3.45. The van der Waals surface area contributed by atoms with Gasteiger partial charge in [0.1, 0.15) is 0 Å². The number of rotatable bonds is 14. The molecule has 2 N–H and O–H groups in total. The van der Waals surface area contributed by atoms with Gasteiger partial charge in [-0.3, -0.25) is 4.79 Å². The zero-order valence-corrected chi connectivity index (χ0v) is 13.5. The van der Waals surface area contributed by atoms with Crippen LogP contribution in [-0.4, -0.2) is 22.3 Å². The molecule has 21 heavy (non-hydrogen) atoms. The van der Waals surface area contributed by atoms with Crippen LogP contribution in [0.3, 0.4) is 0 Å². The summed E-state index contributed by atoms with van der Waals surface area (Å²) in [7, 11) is 0. The highest BCUT2D eigenvalue weighted by molar-refractivity contribution is 5.66. The van der Waals surface area contributed by atoms with Gasteiger partial charge in [0.25, 0.3) is 0 Å². The molecule has 0 saturated heterocycles. The summed E-state index contributed by atoms with van der Waals surface area (Å²) in [6.07, 6.45) is 18.4. The van der Waals surface area contributed by atoms with Gasteiger partial charge < -0.3 is 10.2 Å². The van der Waals surface area contributed by atoms with Crippen LogP contribution in [0.2, 0.25) is 0 Å². The molecule has 0 aliphatic rings.